The van der Waals surface area contributed by atoms with E-state index in [4.69, 9.17) is 18.9 Å². The number of ether oxygens (including phenoxy) is 4. The molecule has 1 fully saturated rings. The second-order valence-electron chi connectivity index (χ2n) is 19.7. The van der Waals surface area contributed by atoms with Crippen LogP contribution in [0.25, 0.3) is 0 Å². The molecule has 0 spiro atoms. The number of rotatable bonds is 50. The number of unbranched alkanes of at least 4 members (excludes halogenated alkanes) is 37. The first kappa shape index (κ1) is 61.9. The molecular formula is C56H108O9. The second kappa shape index (κ2) is 48.0. The molecule has 0 radical (unpaired) electrons. The standard InChI is InChI=1S/C56H108O9/c1-3-5-7-9-11-13-15-17-19-21-22-23-24-25-26-27-28-29-31-33-35-37-39-41-43-45-52(58)64-50(49-63-56-55(61)54(60)53(59)51(47-57)65-56)48-62-46-44-42-40-38-36-34-32-30-20-18-16-14-12-10-8-6-4-2/h20,30,50-51,53-57,59-61H,3-19,21-29,31-49H2,1-2H3/b30-20-. The van der Waals surface area contributed by atoms with Crippen molar-refractivity contribution in [3.05, 3.63) is 12.2 Å². The van der Waals surface area contributed by atoms with Gasteiger partial charge >= 0.3 is 5.97 Å². The average molecular weight is 925 g/mol. The number of carbonyl (C=O) groups is 1. The number of hydrogen-bond acceptors (Lipinski definition) is 9. The van der Waals surface area contributed by atoms with Crippen molar-refractivity contribution in [2.45, 2.75) is 314 Å². The summed E-state index contributed by atoms with van der Waals surface area (Å²) < 4.78 is 22.9. The number of hydrogen-bond donors (Lipinski definition) is 4. The Morgan fingerprint density at radius 2 is 0.846 bits per heavy atom. The quantitative estimate of drug-likeness (QED) is 0.0267. The van der Waals surface area contributed by atoms with Crippen molar-refractivity contribution in [3.63, 3.8) is 0 Å². The van der Waals surface area contributed by atoms with Crippen molar-refractivity contribution in [3.8, 4) is 0 Å². The maximum atomic E-state index is 12.9. The summed E-state index contributed by atoms with van der Waals surface area (Å²) in [5.74, 6) is -0.308. The zero-order valence-electron chi connectivity index (χ0n) is 42.8. The van der Waals surface area contributed by atoms with E-state index in [0.29, 0.717) is 13.0 Å². The Labute approximate surface area is 401 Å². The molecule has 1 aliphatic rings. The molecule has 0 bridgehead atoms. The fourth-order valence-corrected chi connectivity index (χ4v) is 9.02. The largest absolute Gasteiger partial charge is 0.457 e. The second-order valence-corrected chi connectivity index (χ2v) is 19.7. The summed E-state index contributed by atoms with van der Waals surface area (Å²) in [5, 5.41) is 40.3. The molecule has 6 atom stereocenters. The molecule has 1 rings (SSSR count). The van der Waals surface area contributed by atoms with Crippen molar-refractivity contribution in [2.24, 2.45) is 0 Å². The van der Waals surface area contributed by atoms with Gasteiger partial charge in [-0.15, -0.1) is 0 Å². The first-order valence-corrected chi connectivity index (χ1v) is 28.3. The highest BCUT2D eigenvalue weighted by Gasteiger charge is 2.44. The molecule has 65 heavy (non-hydrogen) atoms. The highest BCUT2D eigenvalue weighted by atomic mass is 16.7. The van der Waals surface area contributed by atoms with E-state index in [0.717, 1.165) is 32.1 Å². The summed E-state index contributed by atoms with van der Waals surface area (Å²) in [4.78, 5) is 12.9. The molecule has 4 N–H and O–H groups in total. The van der Waals surface area contributed by atoms with Crippen LogP contribution in [0.1, 0.15) is 277 Å². The van der Waals surface area contributed by atoms with Crippen LogP contribution in [0.5, 0.6) is 0 Å². The summed E-state index contributed by atoms with van der Waals surface area (Å²) in [6.45, 7) is 4.61. The van der Waals surface area contributed by atoms with Crippen molar-refractivity contribution in [2.75, 3.05) is 26.4 Å². The van der Waals surface area contributed by atoms with Crippen LogP contribution >= 0.6 is 0 Å². The lowest BCUT2D eigenvalue weighted by atomic mass is 9.99. The zero-order chi connectivity index (χ0) is 47.1. The third kappa shape index (κ3) is 38.5. The van der Waals surface area contributed by atoms with Gasteiger partial charge in [0.25, 0.3) is 0 Å². The lowest BCUT2D eigenvalue weighted by molar-refractivity contribution is -0.305. The third-order valence-electron chi connectivity index (χ3n) is 13.4. The summed E-state index contributed by atoms with van der Waals surface area (Å²) >= 11 is 0. The van der Waals surface area contributed by atoms with Gasteiger partial charge in [0.05, 0.1) is 19.8 Å². The summed E-state index contributed by atoms with van der Waals surface area (Å²) in [6.07, 6.45) is 49.8. The van der Waals surface area contributed by atoms with Crippen LogP contribution in [0.3, 0.4) is 0 Å². The number of allylic oxidation sites excluding steroid dienone is 2. The Kier molecular flexibility index (Phi) is 45.7. The first-order chi connectivity index (χ1) is 31.9. The van der Waals surface area contributed by atoms with Gasteiger partial charge in [-0.2, -0.15) is 0 Å². The Morgan fingerprint density at radius 1 is 0.477 bits per heavy atom. The Balaban J connectivity index is 2.13. The topological polar surface area (TPSA) is 135 Å². The molecule has 0 aromatic heterocycles. The van der Waals surface area contributed by atoms with E-state index in [9.17, 15) is 25.2 Å². The maximum Gasteiger partial charge on any atom is 0.306 e. The Bertz CT molecular complexity index is 1010. The van der Waals surface area contributed by atoms with E-state index >= 15 is 0 Å². The highest BCUT2D eigenvalue weighted by molar-refractivity contribution is 5.69. The van der Waals surface area contributed by atoms with Crippen LogP contribution in [0.4, 0.5) is 0 Å². The molecule has 6 unspecified atom stereocenters. The van der Waals surface area contributed by atoms with Gasteiger partial charge < -0.3 is 39.4 Å². The highest BCUT2D eigenvalue weighted by Crippen LogP contribution is 2.23. The van der Waals surface area contributed by atoms with Crippen molar-refractivity contribution in [1.82, 2.24) is 0 Å². The minimum absolute atomic E-state index is 0.110. The van der Waals surface area contributed by atoms with Crippen LogP contribution in [-0.4, -0.2) is 89.6 Å². The molecule has 1 aliphatic heterocycles. The fourth-order valence-electron chi connectivity index (χ4n) is 9.02. The van der Waals surface area contributed by atoms with Crippen LogP contribution in [0.2, 0.25) is 0 Å². The predicted octanol–water partition coefficient (Wildman–Crippen LogP) is 14.3. The maximum absolute atomic E-state index is 12.9. The molecule has 0 amide bonds. The van der Waals surface area contributed by atoms with Crippen molar-refractivity contribution in [1.29, 1.82) is 0 Å². The van der Waals surface area contributed by atoms with Gasteiger partial charge in [0.2, 0.25) is 0 Å². The molecule has 0 aromatic carbocycles. The van der Waals surface area contributed by atoms with E-state index in [1.54, 1.807) is 0 Å². The molecule has 1 saturated heterocycles. The van der Waals surface area contributed by atoms with Crippen LogP contribution in [0, 0.1) is 0 Å². The average Bonchev–Trinajstić information content (AvgIpc) is 3.31. The molecule has 0 saturated carbocycles. The Hall–Kier alpha value is -1.07. The van der Waals surface area contributed by atoms with Gasteiger partial charge in [-0.3, -0.25) is 4.79 Å². The van der Waals surface area contributed by atoms with Crippen LogP contribution in [0.15, 0.2) is 12.2 Å². The Morgan fingerprint density at radius 3 is 1.25 bits per heavy atom. The number of aliphatic hydroxyl groups excluding tert-OH is 4. The summed E-state index contributed by atoms with van der Waals surface area (Å²) in [7, 11) is 0. The zero-order valence-corrected chi connectivity index (χ0v) is 42.8. The third-order valence-corrected chi connectivity index (χ3v) is 13.4. The van der Waals surface area contributed by atoms with Gasteiger partial charge in [0.15, 0.2) is 6.29 Å². The van der Waals surface area contributed by atoms with Gasteiger partial charge in [-0.25, -0.2) is 0 Å². The fraction of sp³-hybridized carbons (Fsp3) is 0.946. The van der Waals surface area contributed by atoms with E-state index in [-0.39, 0.29) is 19.2 Å². The van der Waals surface area contributed by atoms with E-state index in [2.05, 4.69) is 26.0 Å². The van der Waals surface area contributed by atoms with Crippen molar-refractivity contribution < 1.29 is 44.2 Å². The van der Waals surface area contributed by atoms with Gasteiger partial charge in [0, 0.05) is 13.0 Å². The van der Waals surface area contributed by atoms with Gasteiger partial charge in [-0.05, 0) is 38.5 Å². The number of aliphatic hydroxyl groups is 4. The first-order valence-electron chi connectivity index (χ1n) is 28.3. The number of carbonyl (C=O) groups excluding carboxylic acids is 1. The van der Waals surface area contributed by atoms with E-state index in [1.807, 2.05) is 0 Å². The van der Waals surface area contributed by atoms with Crippen LogP contribution < -0.4 is 0 Å². The minimum Gasteiger partial charge on any atom is -0.457 e. The van der Waals surface area contributed by atoms with Crippen molar-refractivity contribution >= 4 is 5.97 Å². The molecule has 1 heterocycles. The smallest absolute Gasteiger partial charge is 0.306 e. The SMILES string of the molecule is CCCCCCCCC/C=C\CCCCCCCCOCC(COC1OC(CO)C(O)C(O)C1O)OC(=O)CCCCCCCCCCCCCCCCCCCCCCCCCCC. The monoisotopic (exact) mass is 925 g/mol. The molecular weight excluding hydrogens is 817 g/mol. The van der Waals surface area contributed by atoms with Gasteiger partial charge in [-0.1, -0.05) is 244 Å². The minimum atomic E-state index is -1.53. The lowest BCUT2D eigenvalue weighted by Crippen LogP contribution is -2.59. The van der Waals surface area contributed by atoms with Gasteiger partial charge in [0.1, 0.15) is 30.5 Å². The molecule has 0 aromatic rings. The summed E-state index contributed by atoms with van der Waals surface area (Å²) in [6, 6.07) is 0. The van der Waals surface area contributed by atoms with E-state index in [1.165, 1.54) is 225 Å². The molecule has 9 heteroatoms. The summed E-state index contributed by atoms with van der Waals surface area (Å²) in [5.41, 5.74) is 0. The lowest BCUT2D eigenvalue weighted by Gasteiger charge is -2.39. The molecule has 386 valence electrons. The predicted molar refractivity (Wildman–Crippen MR) is 270 cm³/mol. The molecule has 0 aliphatic carbocycles. The van der Waals surface area contributed by atoms with Crippen LogP contribution in [-0.2, 0) is 23.7 Å². The van der Waals surface area contributed by atoms with E-state index < -0.39 is 43.4 Å². The normalized spacial score (nSPS) is 19.4. The number of esters is 1. The molecule has 9 nitrogen and oxygen atoms in total.